The van der Waals surface area contributed by atoms with Crippen molar-refractivity contribution in [1.29, 1.82) is 0 Å². The Hall–Kier alpha value is -1.41. The quantitative estimate of drug-likeness (QED) is 0.546. The minimum absolute atomic E-state index is 0.00656. The van der Waals surface area contributed by atoms with Crippen LogP contribution in [0.4, 0.5) is 11.8 Å². The van der Waals surface area contributed by atoms with E-state index in [9.17, 15) is 4.79 Å². The Kier molecular flexibility index (Phi) is 3.97. The summed E-state index contributed by atoms with van der Waals surface area (Å²) in [5.41, 5.74) is 2.42. The summed E-state index contributed by atoms with van der Waals surface area (Å²) < 4.78 is 0.810. The first kappa shape index (κ1) is 13.0. The van der Waals surface area contributed by atoms with Crippen LogP contribution in [0.5, 0.6) is 0 Å². The Morgan fingerprint density at radius 3 is 3.11 bits per heavy atom. The molecule has 1 unspecified atom stereocenters. The highest BCUT2D eigenvalue weighted by atomic mass is 79.9. The Bertz CT molecular complexity index is 454. The lowest BCUT2D eigenvalue weighted by atomic mass is 10.3. The van der Waals surface area contributed by atoms with Gasteiger partial charge in [-0.2, -0.15) is 4.98 Å². The van der Waals surface area contributed by atoms with Crippen LogP contribution in [0.25, 0.3) is 0 Å². The van der Waals surface area contributed by atoms with Crippen LogP contribution in [-0.4, -0.2) is 35.0 Å². The SMILES string of the molecule is CC(=O)NC1CCN(c2nc(NN)ncc2Br)C1. The van der Waals surface area contributed by atoms with Gasteiger partial charge in [-0.3, -0.25) is 10.2 Å². The Morgan fingerprint density at radius 1 is 1.67 bits per heavy atom. The predicted octanol–water partition coefficient (Wildman–Crippen LogP) is 0.240. The smallest absolute Gasteiger partial charge is 0.239 e. The van der Waals surface area contributed by atoms with Gasteiger partial charge < -0.3 is 10.2 Å². The molecule has 18 heavy (non-hydrogen) atoms. The molecule has 0 aliphatic carbocycles. The first-order valence-corrected chi connectivity index (χ1v) is 6.40. The van der Waals surface area contributed by atoms with Crippen molar-refractivity contribution in [2.24, 2.45) is 5.84 Å². The lowest BCUT2D eigenvalue weighted by Crippen LogP contribution is -2.35. The molecule has 1 aliphatic heterocycles. The lowest BCUT2D eigenvalue weighted by Gasteiger charge is -2.19. The van der Waals surface area contributed by atoms with Crippen molar-refractivity contribution >= 4 is 33.6 Å². The molecule has 0 bridgehead atoms. The van der Waals surface area contributed by atoms with Gasteiger partial charge in [0.2, 0.25) is 11.9 Å². The zero-order chi connectivity index (χ0) is 13.1. The molecular weight excluding hydrogens is 300 g/mol. The highest BCUT2D eigenvalue weighted by Crippen LogP contribution is 2.27. The van der Waals surface area contributed by atoms with Gasteiger partial charge in [-0.25, -0.2) is 10.8 Å². The molecule has 8 heteroatoms. The molecule has 1 amide bonds. The number of nitrogens with zero attached hydrogens (tertiary/aromatic N) is 3. The number of hydrazine groups is 1. The van der Waals surface area contributed by atoms with Gasteiger partial charge in [0, 0.05) is 32.3 Å². The van der Waals surface area contributed by atoms with Crippen molar-refractivity contribution in [3.8, 4) is 0 Å². The van der Waals surface area contributed by atoms with E-state index in [2.05, 4.69) is 41.5 Å². The number of aromatic nitrogens is 2. The van der Waals surface area contributed by atoms with Gasteiger partial charge in [0.25, 0.3) is 0 Å². The van der Waals surface area contributed by atoms with Gasteiger partial charge in [0.15, 0.2) is 0 Å². The third-order valence-corrected chi connectivity index (χ3v) is 3.31. The number of rotatable bonds is 3. The highest BCUT2D eigenvalue weighted by molar-refractivity contribution is 9.10. The fourth-order valence-corrected chi connectivity index (χ4v) is 2.45. The molecule has 2 heterocycles. The molecule has 2 rings (SSSR count). The fourth-order valence-electron chi connectivity index (χ4n) is 2.01. The Morgan fingerprint density at radius 2 is 2.44 bits per heavy atom. The molecule has 1 saturated heterocycles. The molecule has 98 valence electrons. The number of nitrogens with two attached hydrogens (primary N) is 1. The summed E-state index contributed by atoms with van der Waals surface area (Å²) in [6.45, 7) is 3.10. The van der Waals surface area contributed by atoms with E-state index < -0.39 is 0 Å². The minimum Gasteiger partial charge on any atom is -0.353 e. The van der Waals surface area contributed by atoms with E-state index in [0.717, 1.165) is 29.8 Å². The molecule has 7 nitrogen and oxygen atoms in total. The molecule has 0 radical (unpaired) electrons. The lowest BCUT2D eigenvalue weighted by molar-refractivity contribution is -0.119. The van der Waals surface area contributed by atoms with Crippen LogP contribution in [0.15, 0.2) is 10.7 Å². The molecule has 0 spiro atoms. The minimum atomic E-state index is -0.00656. The van der Waals surface area contributed by atoms with E-state index in [0.29, 0.717) is 5.95 Å². The summed E-state index contributed by atoms with van der Waals surface area (Å²) >= 11 is 3.42. The van der Waals surface area contributed by atoms with Crippen LogP contribution in [0.1, 0.15) is 13.3 Å². The average Bonchev–Trinajstić information content (AvgIpc) is 2.77. The second-order valence-corrected chi connectivity index (χ2v) is 5.00. The van der Waals surface area contributed by atoms with Crippen molar-refractivity contribution in [2.75, 3.05) is 23.4 Å². The standard InChI is InChI=1S/C10H15BrN6O/c1-6(18)14-7-2-3-17(5-7)9-8(11)4-13-10(15-9)16-12/h4,7H,2-3,5,12H2,1H3,(H,14,18)(H,13,15,16). The van der Waals surface area contributed by atoms with E-state index in [4.69, 9.17) is 5.84 Å². The molecule has 4 N–H and O–H groups in total. The van der Waals surface area contributed by atoms with Gasteiger partial charge in [-0.1, -0.05) is 0 Å². The van der Waals surface area contributed by atoms with Crippen LogP contribution >= 0.6 is 15.9 Å². The number of hydrogen-bond acceptors (Lipinski definition) is 6. The zero-order valence-electron chi connectivity index (χ0n) is 9.98. The first-order valence-electron chi connectivity index (χ1n) is 5.61. The molecule has 1 atom stereocenters. The number of halogens is 1. The fraction of sp³-hybridized carbons (Fsp3) is 0.500. The van der Waals surface area contributed by atoms with Crippen LogP contribution in [0, 0.1) is 0 Å². The highest BCUT2D eigenvalue weighted by Gasteiger charge is 2.25. The molecule has 1 aliphatic rings. The number of carbonyl (C=O) groups excluding carboxylic acids is 1. The number of anilines is 2. The van der Waals surface area contributed by atoms with Crippen LogP contribution in [0.3, 0.4) is 0 Å². The van der Waals surface area contributed by atoms with Crippen LogP contribution < -0.4 is 21.5 Å². The summed E-state index contributed by atoms with van der Waals surface area (Å²) in [4.78, 5) is 21.4. The topological polar surface area (TPSA) is 96.2 Å². The monoisotopic (exact) mass is 314 g/mol. The van der Waals surface area contributed by atoms with Crippen LogP contribution in [-0.2, 0) is 4.79 Å². The van der Waals surface area contributed by atoms with Crippen molar-refractivity contribution < 1.29 is 4.79 Å². The van der Waals surface area contributed by atoms with Gasteiger partial charge >= 0.3 is 0 Å². The van der Waals surface area contributed by atoms with E-state index >= 15 is 0 Å². The molecular formula is C10H15BrN6O. The molecule has 0 saturated carbocycles. The number of amides is 1. The van der Waals surface area contributed by atoms with Gasteiger partial charge in [-0.05, 0) is 22.4 Å². The largest absolute Gasteiger partial charge is 0.353 e. The number of hydrogen-bond donors (Lipinski definition) is 3. The Labute approximate surface area is 113 Å². The maximum Gasteiger partial charge on any atom is 0.239 e. The molecule has 0 aromatic carbocycles. The zero-order valence-corrected chi connectivity index (χ0v) is 11.6. The van der Waals surface area contributed by atoms with Crippen molar-refractivity contribution in [1.82, 2.24) is 15.3 Å². The Balaban J connectivity index is 2.11. The number of nitrogen functional groups attached to an aromatic ring is 1. The molecule has 1 fully saturated rings. The van der Waals surface area contributed by atoms with Gasteiger partial charge in [0.1, 0.15) is 5.82 Å². The van der Waals surface area contributed by atoms with E-state index in [1.165, 1.54) is 6.92 Å². The normalized spacial score (nSPS) is 18.8. The average molecular weight is 315 g/mol. The van der Waals surface area contributed by atoms with E-state index in [1.54, 1.807) is 6.20 Å². The first-order chi connectivity index (χ1) is 8.60. The van der Waals surface area contributed by atoms with Gasteiger partial charge in [-0.15, -0.1) is 0 Å². The molecule has 1 aromatic rings. The van der Waals surface area contributed by atoms with Crippen LogP contribution in [0.2, 0.25) is 0 Å². The van der Waals surface area contributed by atoms with Crippen molar-refractivity contribution in [2.45, 2.75) is 19.4 Å². The third-order valence-electron chi connectivity index (χ3n) is 2.75. The van der Waals surface area contributed by atoms with E-state index in [-0.39, 0.29) is 11.9 Å². The summed E-state index contributed by atoms with van der Waals surface area (Å²) in [5.74, 6) is 6.44. The second kappa shape index (κ2) is 5.49. The number of nitrogens with one attached hydrogen (secondary N) is 2. The summed E-state index contributed by atoms with van der Waals surface area (Å²) in [5, 5.41) is 2.91. The number of carbonyl (C=O) groups is 1. The summed E-state index contributed by atoms with van der Waals surface area (Å²) in [6.07, 6.45) is 2.56. The van der Waals surface area contributed by atoms with Crippen molar-refractivity contribution in [3.63, 3.8) is 0 Å². The summed E-state index contributed by atoms with van der Waals surface area (Å²) in [6, 6.07) is 0.165. The van der Waals surface area contributed by atoms with E-state index in [1.807, 2.05) is 0 Å². The van der Waals surface area contributed by atoms with Gasteiger partial charge in [0.05, 0.1) is 4.47 Å². The maximum atomic E-state index is 11.0. The predicted molar refractivity (Wildman–Crippen MR) is 72.0 cm³/mol. The third kappa shape index (κ3) is 2.88. The second-order valence-electron chi connectivity index (χ2n) is 4.14. The molecule has 1 aromatic heterocycles. The maximum absolute atomic E-state index is 11.0. The van der Waals surface area contributed by atoms with Crippen molar-refractivity contribution in [3.05, 3.63) is 10.7 Å². The summed E-state index contributed by atoms with van der Waals surface area (Å²) in [7, 11) is 0.